The van der Waals surface area contributed by atoms with E-state index < -0.39 is 10.8 Å². The molecule has 1 heterocycles. The van der Waals surface area contributed by atoms with Crippen LogP contribution in [0, 0.1) is 10.1 Å². The van der Waals surface area contributed by atoms with Gasteiger partial charge in [0.2, 0.25) is 0 Å². The molecule has 3 rings (SSSR count). The standard InChI is InChI=1S/C19H15N3O4/c23-18-10-9-15(13-21(18)12-14-5-2-1-3-6-14)19(24)20-16-7-4-8-17(11-16)22(25)26/h1-11,13H,12H2,(H,20,24). The molecule has 7 heteroatoms. The van der Waals surface area contributed by atoms with Gasteiger partial charge < -0.3 is 9.88 Å². The molecule has 1 aromatic heterocycles. The first-order valence-electron chi connectivity index (χ1n) is 7.83. The predicted octanol–water partition coefficient (Wildman–Crippen LogP) is 3.06. The van der Waals surface area contributed by atoms with E-state index in [-0.39, 0.29) is 16.8 Å². The minimum atomic E-state index is -0.532. The van der Waals surface area contributed by atoms with E-state index in [0.29, 0.717) is 12.2 Å². The highest BCUT2D eigenvalue weighted by Crippen LogP contribution is 2.17. The molecule has 1 N–H and O–H groups in total. The normalized spacial score (nSPS) is 10.3. The van der Waals surface area contributed by atoms with Crippen LogP contribution in [0.3, 0.4) is 0 Å². The lowest BCUT2D eigenvalue weighted by Crippen LogP contribution is -2.22. The number of carbonyl (C=O) groups excluding carboxylic acids is 1. The van der Waals surface area contributed by atoms with Crippen LogP contribution in [-0.4, -0.2) is 15.4 Å². The van der Waals surface area contributed by atoms with Crippen LogP contribution in [0.15, 0.2) is 77.7 Å². The van der Waals surface area contributed by atoms with Crippen LogP contribution < -0.4 is 10.9 Å². The van der Waals surface area contributed by atoms with E-state index in [9.17, 15) is 19.7 Å². The number of hydrogen-bond donors (Lipinski definition) is 1. The summed E-state index contributed by atoms with van der Waals surface area (Å²) in [7, 11) is 0. The number of rotatable bonds is 5. The molecule has 0 aliphatic rings. The molecule has 26 heavy (non-hydrogen) atoms. The number of hydrogen-bond acceptors (Lipinski definition) is 4. The summed E-state index contributed by atoms with van der Waals surface area (Å²) in [6.45, 7) is 0.345. The lowest BCUT2D eigenvalue weighted by Gasteiger charge is -2.09. The highest BCUT2D eigenvalue weighted by molar-refractivity contribution is 6.04. The predicted molar refractivity (Wildman–Crippen MR) is 97.3 cm³/mol. The van der Waals surface area contributed by atoms with E-state index in [4.69, 9.17) is 0 Å². The molecule has 2 aromatic carbocycles. The van der Waals surface area contributed by atoms with Gasteiger partial charge in [-0.1, -0.05) is 36.4 Å². The number of benzene rings is 2. The summed E-state index contributed by atoms with van der Waals surface area (Å²) in [6, 6.07) is 17.8. The Hall–Kier alpha value is -3.74. The number of amides is 1. The fraction of sp³-hybridized carbons (Fsp3) is 0.0526. The number of nitrogens with zero attached hydrogens (tertiary/aromatic N) is 2. The Morgan fingerprint density at radius 3 is 2.54 bits per heavy atom. The molecule has 0 saturated carbocycles. The van der Waals surface area contributed by atoms with Crippen molar-refractivity contribution >= 4 is 17.3 Å². The zero-order valence-corrected chi connectivity index (χ0v) is 13.7. The summed E-state index contributed by atoms with van der Waals surface area (Å²) in [5, 5.41) is 13.4. The molecule has 130 valence electrons. The van der Waals surface area contributed by atoms with Crippen molar-refractivity contribution in [2.75, 3.05) is 5.32 Å². The Kier molecular flexibility index (Phi) is 4.89. The van der Waals surface area contributed by atoms with Crippen LogP contribution in [0.4, 0.5) is 11.4 Å². The largest absolute Gasteiger partial charge is 0.322 e. The first-order chi connectivity index (χ1) is 12.5. The molecule has 0 unspecified atom stereocenters. The summed E-state index contributed by atoms with van der Waals surface area (Å²) in [4.78, 5) is 34.7. The smallest absolute Gasteiger partial charge is 0.271 e. The third kappa shape index (κ3) is 4.02. The molecular formula is C19H15N3O4. The van der Waals surface area contributed by atoms with Crippen molar-refractivity contribution < 1.29 is 9.72 Å². The van der Waals surface area contributed by atoms with Crippen molar-refractivity contribution in [1.29, 1.82) is 0 Å². The third-order valence-corrected chi connectivity index (χ3v) is 3.76. The number of nitro benzene ring substituents is 1. The Labute approximate surface area is 148 Å². The molecule has 0 aliphatic heterocycles. The zero-order chi connectivity index (χ0) is 18.5. The van der Waals surface area contributed by atoms with Crippen LogP contribution in [0.5, 0.6) is 0 Å². The van der Waals surface area contributed by atoms with Gasteiger partial charge in [-0.25, -0.2) is 0 Å². The fourth-order valence-corrected chi connectivity index (χ4v) is 2.47. The van der Waals surface area contributed by atoms with Gasteiger partial charge in [0.15, 0.2) is 0 Å². The second kappa shape index (κ2) is 7.43. The summed E-state index contributed by atoms with van der Waals surface area (Å²) < 4.78 is 1.44. The van der Waals surface area contributed by atoms with Gasteiger partial charge in [-0.3, -0.25) is 19.7 Å². The summed E-state index contributed by atoms with van der Waals surface area (Å²) in [5.41, 5.74) is 1.19. The van der Waals surface area contributed by atoms with Gasteiger partial charge in [-0.2, -0.15) is 0 Å². The quantitative estimate of drug-likeness (QED) is 0.566. The van der Waals surface area contributed by atoms with E-state index >= 15 is 0 Å². The number of nitro groups is 1. The molecular weight excluding hydrogens is 334 g/mol. The number of non-ortho nitro benzene ring substituents is 1. The molecule has 0 atom stereocenters. The molecule has 0 bridgehead atoms. The number of anilines is 1. The van der Waals surface area contributed by atoms with Crippen LogP contribution in [0.1, 0.15) is 15.9 Å². The van der Waals surface area contributed by atoms with E-state index in [2.05, 4.69) is 5.32 Å². The van der Waals surface area contributed by atoms with Gasteiger partial charge in [0.1, 0.15) is 0 Å². The van der Waals surface area contributed by atoms with Gasteiger partial charge in [0.25, 0.3) is 17.2 Å². The average Bonchev–Trinajstić information content (AvgIpc) is 2.64. The second-order valence-corrected chi connectivity index (χ2v) is 5.63. The van der Waals surface area contributed by atoms with Gasteiger partial charge in [0, 0.05) is 30.1 Å². The van der Waals surface area contributed by atoms with Crippen molar-refractivity contribution in [3.63, 3.8) is 0 Å². The van der Waals surface area contributed by atoms with E-state index in [1.54, 1.807) is 6.07 Å². The topological polar surface area (TPSA) is 94.2 Å². The molecule has 0 radical (unpaired) electrons. The Balaban J connectivity index is 1.82. The number of nitrogens with one attached hydrogen (secondary N) is 1. The molecule has 0 spiro atoms. The summed E-state index contributed by atoms with van der Waals surface area (Å²) >= 11 is 0. The van der Waals surface area contributed by atoms with Crippen LogP contribution in [0.25, 0.3) is 0 Å². The van der Waals surface area contributed by atoms with Crippen molar-refractivity contribution in [3.05, 3.63) is 105 Å². The van der Waals surface area contributed by atoms with Crippen molar-refractivity contribution in [2.24, 2.45) is 0 Å². The molecule has 0 fully saturated rings. The average molecular weight is 349 g/mol. The molecule has 7 nitrogen and oxygen atoms in total. The van der Waals surface area contributed by atoms with E-state index in [1.165, 1.54) is 41.1 Å². The maximum absolute atomic E-state index is 12.4. The zero-order valence-electron chi connectivity index (χ0n) is 13.7. The lowest BCUT2D eigenvalue weighted by atomic mass is 10.2. The van der Waals surface area contributed by atoms with Crippen LogP contribution in [0.2, 0.25) is 0 Å². The molecule has 0 saturated heterocycles. The van der Waals surface area contributed by atoms with Crippen molar-refractivity contribution in [1.82, 2.24) is 4.57 Å². The van der Waals surface area contributed by atoms with Crippen molar-refractivity contribution in [2.45, 2.75) is 6.54 Å². The minimum absolute atomic E-state index is 0.114. The number of aromatic nitrogens is 1. The highest BCUT2D eigenvalue weighted by atomic mass is 16.6. The first-order valence-corrected chi connectivity index (χ1v) is 7.83. The SMILES string of the molecule is O=C(Nc1cccc([N+](=O)[O-])c1)c1ccc(=O)n(Cc2ccccc2)c1. The Bertz CT molecular complexity index is 1010. The van der Waals surface area contributed by atoms with Crippen LogP contribution >= 0.6 is 0 Å². The summed E-state index contributed by atoms with van der Waals surface area (Å²) in [6.07, 6.45) is 1.47. The molecule has 0 aliphatic carbocycles. The van der Waals surface area contributed by atoms with Crippen molar-refractivity contribution in [3.8, 4) is 0 Å². The fourth-order valence-electron chi connectivity index (χ4n) is 2.47. The number of pyridine rings is 1. The minimum Gasteiger partial charge on any atom is -0.322 e. The van der Waals surface area contributed by atoms with E-state index in [0.717, 1.165) is 5.56 Å². The van der Waals surface area contributed by atoms with Gasteiger partial charge >= 0.3 is 0 Å². The highest BCUT2D eigenvalue weighted by Gasteiger charge is 2.11. The molecule has 1 amide bonds. The summed E-state index contributed by atoms with van der Waals surface area (Å²) in [5.74, 6) is -0.452. The Morgan fingerprint density at radius 1 is 1.04 bits per heavy atom. The number of carbonyl (C=O) groups is 1. The monoisotopic (exact) mass is 349 g/mol. The third-order valence-electron chi connectivity index (χ3n) is 3.76. The van der Waals surface area contributed by atoms with Gasteiger partial charge in [0.05, 0.1) is 17.0 Å². The van der Waals surface area contributed by atoms with E-state index in [1.807, 2.05) is 30.3 Å². The maximum atomic E-state index is 12.4. The Morgan fingerprint density at radius 2 is 1.81 bits per heavy atom. The van der Waals surface area contributed by atoms with Gasteiger partial charge in [-0.15, -0.1) is 0 Å². The maximum Gasteiger partial charge on any atom is 0.271 e. The van der Waals surface area contributed by atoms with Crippen LogP contribution in [-0.2, 0) is 6.54 Å². The van der Waals surface area contributed by atoms with Gasteiger partial charge in [-0.05, 0) is 17.7 Å². The molecule has 3 aromatic rings. The first kappa shape index (κ1) is 17.1. The second-order valence-electron chi connectivity index (χ2n) is 5.63. The lowest BCUT2D eigenvalue weighted by molar-refractivity contribution is -0.384.